The molecule has 0 unspecified atom stereocenters. The molecular weight excluding hydrogens is 334 g/mol. The first-order valence-corrected chi connectivity index (χ1v) is 8.90. The van der Waals surface area contributed by atoms with Crippen molar-refractivity contribution in [2.75, 3.05) is 0 Å². The van der Waals surface area contributed by atoms with E-state index >= 15 is 0 Å². The second-order valence-corrected chi connectivity index (χ2v) is 9.05. The molecule has 7 heteroatoms. The number of benzene rings is 1. The molecule has 0 saturated carbocycles. The highest BCUT2D eigenvalue weighted by Gasteiger charge is 2.29. The highest BCUT2D eigenvalue weighted by atomic mass is 35.5. The van der Waals surface area contributed by atoms with Crippen LogP contribution >= 0.6 is 11.6 Å². The number of fused-ring (bicyclic) bond motifs is 1. The Kier molecular flexibility index (Phi) is 5.11. The monoisotopic (exact) mass is 355 g/mol. The minimum Gasteiger partial charge on any atom is -0.598 e. The lowest BCUT2D eigenvalue weighted by Gasteiger charge is -2.27. The van der Waals surface area contributed by atoms with E-state index in [0.29, 0.717) is 10.9 Å². The van der Waals surface area contributed by atoms with Crippen molar-refractivity contribution in [1.82, 2.24) is 14.3 Å². The van der Waals surface area contributed by atoms with E-state index in [4.69, 9.17) is 11.6 Å². The Hall–Kier alpha value is -1.08. The zero-order valence-electron chi connectivity index (χ0n) is 14.2. The van der Waals surface area contributed by atoms with E-state index < -0.39 is 11.4 Å². The van der Waals surface area contributed by atoms with Gasteiger partial charge in [0.1, 0.15) is 4.75 Å². The zero-order valence-corrected chi connectivity index (χ0v) is 15.8. The fraction of sp³-hybridized carbons (Fsp3) is 0.500. The van der Waals surface area contributed by atoms with E-state index in [1.54, 1.807) is 13.1 Å². The van der Waals surface area contributed by atoms with Crippen LogP contribution in [0.4, 0.5) is 0 Å². The van der Waals surface area contributed by atoms with Crippen LogP contribution in [0.25, 0.3) is 10.9 Å². The molecule has 1 heterocycles. The van der Waals surface area contributed by atoms with Crippen LogP contribution in [-0.4, -0.2) is 18.9 Å². The van der Waals surface area contributed by atoms with Gasteiger partial charge in [-0.1, -0.05) is 6.07 Å². The van der Waals surface area contributed by atoms with Crippen LogP contribution in [0.1, 0.15) is 44.9 Å². The topological polar surface area (TPSA) is 70.0 Å². The van der Waals surface area contributed by atoms with Crippen LogP contribution in [-0.2, 0) is 18.4 Å². The SMILES string of the molecule is Cc1cc([C@@H](C)N[S@+]([O-])C(C)(C)C)c2nc(Cl)n(C)c(=O)c2c1. The van der Waals surface area contributed by atoms with Gasteiger partial charge in [-0.05, 0) is 57.8 Å². The van der Waals surface area contributed by atoms with Crippen molar-refractivity contribution in [1.29, 1.82) is 0 Å². The third kappa shape index (κ3) is 3.71. The van der Waals surface area contributed by atoms with Gasteiger partial charge < -0.3 is 4.55 Å². The summed E-state index contributed by atoms with van der Waals surface area (Å²) >= 11 is 4.83. The van der Waals surface area contributed by atoms with Crippen molar-refractivity contribution in [2.24, 2.45) is 7.05 Å². The van der Waals surface area contributed by atoms with Crippen LogP contribution in [0.3, 0.4) is 0 Å². The Morgan fingerprint density at radius 1 is 1.39 bits per heavy atom. The summed E-state index contributed by atoms with van der Waals surface area (Å²) < 4.78 is 16.4. The smallest absolute Gasteiger partial charge is 0.262 e. The molecule has 2 aromatic rings. The Balaban J connectivity index is 2.59. The number of rotatable bonds is 3. The number of hydrogen-bond donors (Lipinski definition) is 1. The summed E-state index contributed by atoms with van der Waals surface area (Å²) in [4.78, 5) is 16.8. The van der Waals surface area contributed by atoms with Crippen LogP contribution in [0, 0.1) is 6.92 Å². The second kappa shape index (κ2) is 6.43. The number of halogens is 1. The Morgan fingerprint density at radius 2 is 2.00 bits per heavy atom. The van der Waals surface area contributed by atoms with Crippen molar-refractivity contribution in [3.63, 3.8) is 0 Å². The van der Waals surface area contributed by atoms with Gasteiger partial charge in [-0.2, -0.15) is 0 Å². The molecule has 0 aliphatic carbocycles. The van der Waals surface area contributed by atoms with Crippen molar-refractivity contribution >= 4 is 33.9 Å². The summed E-state index contributed by atoms with van der Waals surface area (Å²) in [6.45, 7) is 9.54. The van der Waals surface area contributed by atoms with Crippen LogP contribution in [0.5, 0.6) is 0 Å². The number of aromatic nitrogens is 2. The predicted molar refractivity (Wildman–Crippen MR) is 96.2 cm³/mol. The molecule has 0 amide bonds. The van der Waals surface area contributed by atoms with Gasteiger partial charge in [-0.3, -0.25) is 9.36 Å². The molecule has 23 heavy (non-hydrogen) atoms. The fourth-order valence-electron chi connectivity index (χ4n) is 2.26. The Labute approximate surface area is 144 Å². The summed E-state index contributed by atoms with van der Waals surface area (Å²) in [5.41, 5.74) is 2.13. The van der Waals surface area contributed by atoms with Crippen LogP contribution < -0.4 is 10.3 Å². The molecule has 126 valence electrons. The molecule has 0 spiro atoms. The molecule has 0 bridgehead atoms. The zero-order chi connectivity index (χ0) is 17.5. The van der Waals surface area contributed by atoms with Gasteiger partial charge in [-0.25, -0.2) is 4.98 Å². The van der Waals surface area contributed by atoms with Gasteiger partial charge in [-0.15, -0.1) is 4.72 Å². The molecule has 1 N–H and O–H groups in total. The lowest BCUT2D eigenvalue weighted by atomic mass is 10.0. The molecule has 0 saturated heterocycles. The number of nitrogens with one attached hydrogen (secondary N) is 1. The van der Waals surface area contributed by atoms with E-state index in [2.05, 4.69) is 9.71 Å². The van der Waals surface area contributed by atoms with Crippen molar-refractivity contribution < 1.29 is 4.55 Å². The molecule has 0 aliphatic rings. The first-order chi connectivity index (χ1) is 10.5. The number of hydrogen-bond acceptors (Lipinski definition) is 4. The number of aryl methyl sites for hydroxylation is 1. The second-order valence-electron chi connectivity index (χ2n) is 6.72. The lowest BCUT2D eigenvalue weighted by Crippen LogP contribution is -2.40. The third-order valence-electron chi connectivity index (χ3n) is 3.61. The van der Waals surface area contributed by atoms with Crippen molar-refractivity contribution in [2.45, 2.75) is 45.4 Å². The van der Waals surface area contributed by atoms with Crippen LogP contribution in [0.2, 0.25) is 5.28 Å². The molecule has 2 rings (SSSR count). The quantitative estimate of drug-likeness (QED) is 0.678. The van der Waals surface area contributed by atoms with Gasteiger partial charge in [0, 0.05) is 24.0 Å². The summed E-state index contributed by atoms with van der Waals surface area (Å²) in [6.07, 6.45) is 0. The number of nitrogens with zero attached hydrogens (tertiary/aromatic N) is 2. The highest BCUT2D eigenvalue weighted by molar-refractivity contribution is 7.90. The minimum atomic E-state index is -1.23. The maximum Gasteiger partial charge on any atom is 0.262 e. The molecule has 1 aromatic carbocycles. The highest BCUT2D eigenvalue weighted by Crippen LogP contribution is 2.26. The summed E-state index contributed by atoms with van der Waals surface area (Å²) in [6, 6.07) is 3.52. The molecule has 0 radical (unpaired) electrons. The summed E-state index contributed by atoms with van der Waals surface area (Å²) in [5, 5.41) is 0.652. The van der Waals surface area contributed by atoms with E-state index in [0.717, 1.165) is 11.1 Å². The first-order valence-electron chi connectivity index (χ1n) is 7.37. The first kappa shape index (κ1) is 18.3. The van der Waals surface area contributed by atoms with Crippen molar-refractivity contribution in [3.05, 3.63) is 38.9 Å². The molecule has 0 aliphatic heterocycles. The van der Waals surface area contributed by atoms with Crippen LogP contribution in [0.15, 0.2) is 16.9 Å². The standard InChI is InChI=1S/C16H22ClN3O2S/c1-9-7-11(10(2)19-23(22)16(3,4)5)13-12(8-9)14(21)20(6)15(17)18-13/h7-8,10,19H,1-6H3/t10-,23-/m1/s1. The van der Waals surface area contributed by atoms with E-state index in [-0.39, 0.29) is 21.6 Å². The normalized spacial score (nSPS) is 15.0. The molecule has 5 nitrogen and oxygen atoms in total. The Morgan fingerprint density at radius 3 is 2.57 bits per heavy atom. The molecule has 0 fully saturated rings. The van der Waals surface area contributed by atoms with Gasteiger partial charge in [0.2, 0.25) is 5.28 Å². The van der Waals surface area contributed by atoms with Gasteiger partial charge >= 0.3 is 0 Å². The van der Waals surface area contributed by atoms with E-state index in [1.807, 2.05) is 40.7 Å². The summed E-state index contributed by atoms with van der Waals surface area (Å²) in [7, 11) is 1.59. The fourth-order valence-corrected chi connectivity index (χ4v) is 3.22. The average molecular weight is 356 g/mol. The minimum absolute atomic E-state index is 0.136. The maximum atomic E-state index is 12.4. The maximum absolute atomic E-state index is 12.4. The predicted octanol–water partition coefficient (Wildman–Crippen LogP) is 3.01. The lowest BCUT2D eigenvalue weighted by molar-refractivity contribution is 0.531. The van der Waals surface area contributed by atoms with Crippen molar-refractivity contribution in [3.8, 4) is 0 Å². The van der Waals surface area contributed by atoms with Gasteiger partial charge in [0.15, 0.2) is 0 Å². The molecular formula is C16H22ClN3O2S. The largest absolute Gasteiger partial charge is 0.598 e. The van der Waals surface area contributed by atoms with Gasteiger partial charge in [0.05, 0.1) is 16.9 Å². The Bertz CT molecular complexity index is 798. The average Bonchev–Trinajstić information content (AvgIpc) is 2.44. The third-order valence-corrected chi connectivity index (χ3v) is 5.62. The molecule has 1 aromatic heterocycles. The van der Waals surface area contributed by atoms with E-state index in [1.165, 1.54) is 4.57 Å². The van der Waals surface area contributed by atoms with Gasteiger partial charge in [0.25, 0.3) is 5.56 Å². The molecule has 2 atom stereocenters. The van der Waals surface area contributed by atoms with E-state index in [9.17, 15) is 9.35 Å². The summed E-state index contributed by atoms with van der Waals surface area (Å²) in [5.74, 6) is 0.